The molecule has 7 heteroatoms. The molecule has 1 saturated heterocycles. The third-order valence-electron chi connectivity index (χ3n) is 5.63. The lowest BCUT2D eigenvalue weighted by Crippen LogP contribution is -2.29. The Morgan fingerprint density at radius 2 is 1.54 bits per heavy atom. The number of aliphatic carboxylic acids is 1. The fraction of sp³-hybridized carbons (Fsp3) is 0.179. The number of benzene rings is 3. The molecule has 1 aliphatic heterocycles. The minimum atomic E-state index is -0.965. The number of aliphatic hydroxyl groups excluding tert-OH is 1. The number of ketones is 1. The third kappa shape index (κ3) is 4.94. The summed E-state index contributed by atoms with van der Waals surface area (Å²) in [7, 11) is 0. The third-order valence-corrected chi connectivity index (χ3v) is 5.63. The van der Waals surface area contributed by atoms with Crippen LogP contribution in [0.25, 0.3) is 5.76 Å². The van der Waals surface area contributed by atoms with Gasteiger partial charge in [0.15, 0.2) is 0 Å². The largest absolute Gasteiger partial charge is 0.507 e. The van der Waals surface area contributed by atoms with Crippen LogP contribution in [0.15, 0.2) is 84.4 Å². The van der Waals surface area contributed by atoms with Gasteiger partial charge in [0.05, 0.1) is 24.1 Å². The average Bonchev–Trinajstić information content (AvgIpc) is 3.10. The molecule has 1 fully saturated rings. The summed E-state index contributed by atoms with van der Waals surface area (Å²) < 4.78 is 5.65. The van der Waals surface area contributed by atoms with Crippen LogP contribution >= 0.6 is 0 Å². The number of carboxylic acids is 1. The lowest BCUT2D eigenvalue weighted by molar-refractivity contribution is -0.136. The second kappa shape index (κ2) is 9.85. The summed E-state index contributed by atoms with van der Waals surface area (Å²) in [5, 5.41) is 20.2. The number of nitrogens with zero attached hydrogens (tertiary/aromatic N) is 1. The molecule has 178 valence electrons. The van der Waals surface area contributed by atoms with Gasteiger partial charge in [-0.15, -0.1) is 0 Å². The number of ether oxygens (including phenoxy) is 1. The van der Waals surface area contributed by atoms with Gasteiger partial charge in [-0.05, 0) is 61.4 Å². The Labute approximate surface area is 202 Å². The van der Waals surface area contributed by atoms with Crippen molar-refractivity contribution in [2.75, 3.05) is 4.90 Å². The number of anilines is 1. The Balaban J connectivity index is 1.80. The molecule has 0 aromatic heterocycles. The Morgan fingerprint density at radius 3 is 2.11 bits per heavy atom. The number of amides is 1. The molecule has 4 rings (SSSR count). The van der Waals surface area contributed by atoms with Crippen LogP contribution in [0.1, 0.15) is 36.6 Å². The molecule has 3 aromatic carbocycles. The van der Waals surface area contributed by atoms with Gasteiger partial charge < -0.3 is 14.9 Å². The molecule has 3 aromatic rings. The van der Waals surface area contributed by atoms with E-state index in [4.69, 9.17) is 9.84 Å². The molecule has 35 heavy (non-hydrogen) atoms. The van der Waals surface area contributed by atoms with E-state index in [0.29, 0.717) is 28.1 Å². The predicted octanol–water partition coefficient (Wildman–Crippen LogP) is 4.73. The molecular weight excluding hydrogens is 446 g/mol. The van der Waals surface area contributed by atoms with Gasteiger partial charge in [0.2, 0.25) is 0 Å². The molecule has 1 heterocycles. The number of hydrogen-bond donors (Lipinski definition) is 2. The van der Waals surface area contributed by atoms with Crippen molar-refractivity contribution in [3.05, 3.63) is 101 Å². The Hall–Kier alpha value is -4.39. The highest BCUT2D eigenvalue weighted by atomic mass is 16.5. The van der Waals surface area contributed by atoms with Crippen molar-refractivity contribution in [2.45, 2.75) is 32.4 Å². The lowest BCUT2D eigenvalue weighted by Gasteiger charge is -2.25. The van der Waals surface area contributed by atoms with E-state index in [2.05, 4.69) is 0 Å². The minimum absolute atomic E-state index is 0.0141. The number of carbonyl (C=O) groups is 3. The molecule has 0 radical (unpaired) electrons. The molecule has 1 amide bonds. The van der Waals surface area contributed by atoms with Gasteiger partial charge in [0.1, 0.15) is 11.5 Å². The molecule has 0 saturated carbocycles. The van der Waals surface area contributed by atoms with Crippen LogP contribution in [0.2, 0.25) is 0 Å². The van der Waals surface area contributed by atoms with Crippen molar-refractivity contribution in [3.8, 4) is 5.75 Å². The Bertz CT molecular complexity index is 1280. The maximum Gasteiger partial charge on any atom is 0.307 e. The summed E-state index contributed by atoms with van der Waals surface area (Å²) in [6.45, 7) is 3.81. The fourth-order valence-electron chi connectivity index (χ4n) is 4.12. The van der Waals surface area contributed by atoms with E-state index in [-0.39, 0.29) is 23.9 Å². The highest BCUT2D eigenvalue weighted by Gasteiger charge is 2.46. The quantitative estimate of drug-likeness (QED) is 0.293. The van der Waals surface area contributed by atoms with Crippen LogP contribution in [-0.4, -0.2) is 34.0 Å². The van der Waals surface area contributed by atoms with E-state index in [9.17, 15) is 19.5 Å². The first-order valence-corrected chi connectivity index (χ1v) is 11.2. The zero-order valence-corrected chi connectivity index (χ0v) is 19.3. The van der Waals surface area contributed by atoms with Crippen LogP contribution in [0.3, 0.4) is 0 Å². The summed E-state index contributed by atoms with van der Waals surface area (Å²) >= 11 is 0. The van der Waals surface area contributed by atoms with Gasteiger partial charge in [-0.3, -0.25) is 19.3 Å². The fourth-order valence-corrected chi connectivity index (χ4v) is 4.12. The van der Waals surface area contributed by atoms with Crippen LogP contribution in [0.5, 0.6) is 5.75 Å². The highest BCUT2D eigenvalue weighted by Crippen LogP contribution is 2.42. The first-order valence-electron chi connectivity index (χ1n) is 11.2. The zero-order valence-electron chi connectivity index (χ0n) is 19.3. The second-order valence-electron chi connectivity index (χ2n) is 8.51. The van der Waals surface area contributed by atoms with Gasteiger partial charge in [0, 0.05) is 11.3 Å². The molecule has 1 aliphatic rings. The number of carboxylic acid groups (broad SMARTS) is 1. The van der Waals surface area contributed by atoms with Crippen molar-refractivity contribution < 1.29 is 29.3 Å². The van der Waals surface area contributed by atoms with E-state index < -0.39 is 23.7 Å². The van der Waals surface area contributed by atoms with Crippen molar-refractivity contribution in [1.82, 2.24) is 0 Å². The average molecular weight is 472 g/mol. The van der Waals surface area contributed by atoms with Gasteiger partial charge >= 0.3 is 5.97 Å². The standard InChI is InChI=1S/C28H25NO6/c1-17(2)35-22-14-10-20(11-15-22)26(32)24-25(19-6-4-3-5-7-19)29(28(34)27(24)33)21-12-8-18(9-13-21)16-23(30)31/h3-15,17,25,32H,16H2,1-2H3,(H,30,31)/b26-24+. The van der Waals surface area contributed by atoms with E-state index in [0.717, 1.165) is 0 Å². The molecule has 0 spiro atoms. The molecule has 2 N–H and O–H groups in total. The lowest BCUT2D eigenvalue weighted by atomic mass is 9.95. The van der Waals surface area contributed by atoms with Crippen molar-refractivity contribution >= 4 is 29.1 Å². The number of rotatable bonds is 7. The Morgan fingerprint density at radius 1 is 0.914 bits per heavy atom. The monoisotopic (exact) mass is 471 g/mol. The van der Waals surface area contributed by atoms with E-state index >= 15 is 0 Å². The maximum absolute atomic E-state index is 13.2. The van der Waals surface area contributed by atoms with E-state index in [1.165, 1.54) is 4.90 Å². The first-order chi connectivity index (χ1) is 16.8. The molecule has 0 aliphatic carbocycles. The smallest absolute Gasteiger partial charge is 0.307 e. The summed E-state index contributed by atoms with van der Waals surface area (Å²) in [6.07, 6.45) is -0.169. The van der Waals surface area contributed by atoms with Crippen LogP contribution in [0, 0.1) is 0 Å². The van der Waals surface area contributed by atoms with Gasteiger partial charge in [0.25, 0.3) is 11.7 Å². The Kier molecular flexibility index (Phi) is 6.68. The summed E-state index contributed by atoms with van der Waals surface area (Å²) in [6, 6.07) is 21.3. The molecule has 1 atom stereocenters. The van der Waals surface area contributed by atoms with Crippen LogP contribution < -0.4 is 9.64 Å². The van der Waals surface area contributed by atoms with E-state index in [1.807, 2.05) is 19.9 Å². The zero-order chi connectivity index (χ0) is 25.1. The van der Waals surface area contributed by atoms with Gasteiger partial charge in [-0.25, -0.2) is 0 Å². The molecule has 1 unspecified atom stereocenters. The summed E-state index contributed by atoms with van der Waals surface area (Å²) in [5.74, 6) is -2.19. The maximum atomic E-state index is 13.2. The normalized spacial score (nSPS) is 17.1. The highest BCUT2D eigenvalue weighted by molar-refractivity contribution is 6.51. The number of hydrogen-bond acceptors (Lipinski definition) is 5. The number of aliphatic hydroxyl groups is 1. The van der Waals surface area contributed by atoms with Crippen LogP contribution in [0.4, 0.5) is 5.69 Å². The SMILES string of the molecule is CC(C)Oc1ccc(/C(O)=C2\C(=O)C(=O)N(c3ccc(CC(=O)O)cc3)C2c2ccccc2)cc1. The molecular formula is C28H25NO6. The molecule has 0 bridgehead atoms. The van der Waals surface area contributed by atoms with Gasteiger partial charge in [-0.2, -0.15) is 0 Å². The first kappa shape index (κ1) is 23.8. The summed E-state index contributed by atoms with van der Waals surface area (Å²) in [5.41, 5.74) is 2.01. The summed E-state index contributed by atoms with van der Waals surface area (Å²) in [4.78, 5) is 38.7. The van der Waals surface area contributed by atoms with Crippen LogP contribution in [-0.2, 0) is 20.8 Å². The number of carbonyl (C=O) groups excluding carboxylic acids is 2. The predicted molar refractivity (Wildman–Crippen MR) is 131 cm³/mol. The minimum Gasteiger partial charge on any atom is -0.507 e. The van der Waals surface area contributed by atoms with E-state index in [1.54, 1.807) is 72.8 Å². The number of Topliss-reactive ketones (excluding diaryl/α,β-unsaturated/α-hetero) is 1. The van der Waals surface area contributed by atoms with Crippen molar-refractivity contribution in [3.63, 3.8) is 0 Å². The topological polar surface area (TPSA) is 104 Å². The second-order valence-corrected chi connectivity index (χ2v) is 8.51. The van der Waals surface area contributed by atoms with Crippen molar-refractivity contribution in [1.29, 1.82) is 0 Å². The van der Waals surface area contributed by atoms with Crippen molar-refractivity contribution in [2.24, 2.45) is 0 Å². The molecule has 7 nitrogen and oxygen atoms in total. The van der Waals surface area contributed by atoms with Gasteiger partial charge in [-0.1, -0.05) is 42.5 Å².